The van der Waals surface area contributed by atoms with E-state index in [2.05, 4.69) is 5.32 Å². The van der Waals surface area contributed by atoms with Gasteiger partial charge in [0.2, 0.25) is 5.91 Å². The molecule has 1 rings (SSSR count). The maximum atomic E-state index is 11.3. The molecule has 18 heavy (non-hydrogen) atoms. The first kappa shape index (κ1) is 14.9. The highest BCUT2D eigenvalue weighted by Crippen LogP contribution is 2.08. The number of hydrogen-bond donors (Lipinski definition) is 1. The Hall–Kier alpha value is -1.14. The van der Waals surface area contributed by atoms with Crippen molar-refractivity contribution < 1.29 is 19.1 Å². The van der Waals surface area contributed by atoms with Crippen molar-refractivity contribution in [3.8, 4) is 0 Å². The van der Waals surface area contributed by atoms with Crippen molar-refractivity contribution in [3.05, 3.63) is 0 Å². The zero-order valence-corrected chi connectivity index (χ0v) is 11.1. The zero-order chi connectivity index (χ0) is 13.4. The van der Waals surface area contributed by atoms with Gasteiger partial charge >= 0.3 is 5.97 Å². The number of amides is 1. The minimum atomic E-state index is -0.333. The molecule has 1 atom stereocenters. The van der Waals surface area contributed by atoms with E-state index in [-0.39, 0.29) is 18.5 Å². The van der Waals surface area contributed by atoms with Crippen LogP contribution in [0.4, 0.5) is 0 Å². The van der Waals surface area contributed by atoms with Crippen LogP contribution in [0.25, 0.3) is 0 Å². The summed E-state index contributed by atoms with van der Waals surface area (Å²) in [5, 5.41) is 3.31. The number of likely N-dealkylation sites (N-methyl/N-ethyl adjacent to an activating group) is 1. The molecule has 1 unspecified atom stereocenters. The highest BCUT2D eigenvalue weighted by molar-refractivity contribution is 5.76. The van der Waals surface area contributed by atoms with Crippen LogP contribution in [0.3, 0.4) is 0 Å². The number of likely N-dealkylation sites (tertiary alicyclic amines) is 1. The van der Waals surface area contributed by atoms with Crippen molar-refractivity contribution in [2.24, 2.45) is 0 Å². The summed E-state index contributed by atoms with van der Waals surface area (Å²) in [5.74, 6) is -0.132. The normalized spacial score (nSPS) is 20.0. The third-order valence-corrected chi connectivity index (χ3v) is 2.83. The lowest BCUT2D eigenvalue weighted by atomic mass is 10.1. The fourth-order valence-electron chi connectivity index (χ4n) is 1.87. The molecule has 0 aromatic rings. The topological polar surface area (TPSA) is 67.9 Å². The molecule has 104 valence electrons. The average Bonchev–Trinajstić information content (AvgIpc) is 2.33. The molecule has 0 bridgehead atoms. The molecule has 0 spiro atoms. The van der Waals surface area contributed by atoms with Crippen LogP contribution in [-0.2, 0) is 19.1 Å². The van der Waals surface area contributed by atoms with E-state index in [1.165, 1.54) is 0 Å². The molecule has 6 nitrogen and oxygen atoms in total. The summed E-state index contributed by atoms with van der Waals surface area (Å²) in [7, 11) is 1.81. The van der Waals surface area contributed by atoms with Gasteiger partial charge in [-0.2, -0.15) is 0 Å². The fourth-order valence-corrected chi connectivity index (χ4v) is 1.87. The Balaban J connectivity index is 2.01. The lowest BCUT2D eigenvalue weighted by molar-refractivity contribution is -0.148. The van der Waals surface area contributed by atoms with Gasteiger partial charge in [0.15, 0.2) is 0 Å². The van der Waals surface area contributed by atoms with Crippen LogP contribution >= 0.6 is 0 Å². The van der Waals surface area contributed by atoms with Crippen LogP contribution in [0.5, 0.6) is 0 Å². The summed E-state index contributed by atoms with van der Waals surface area (Å²) in [4.78, 5) is 24.0. The van der Waals surface area contributed by atoms with Gasteiger partial charge in [-0.1, -0.05) is 0 Å². The second-order valence-corrected chi connectivity index (χ2v) is 4.32. The molecule has 0 aromatic carbocycles. The number of carbonyl (C=O) groups excluding carboxylic acids is 2. The van der Waals surface area contributed by atoms with Crippen LogP contribution in [-0.4, -0.2) is 62.8 Å². The van der Waals surface area contributed by atoms with Gasteiger partial charge in [0, 0.05) is 32.6 Å². The first-order valence-electron chi connectivity index (χ1n) is 6.34. The van der Waals surface area contributed by atoms with Crippen LogP contribution in [0.15, 0.2) is 0 Å². The SMILES string of the molecule is CCOC(=O)COCCNC1CCC(=O)N(C)C1. The van der Waals surface area contributed by atoms with Crippen molar-refractivity contribution in [2.75, 3.05) is 40.0 Å². The molecule has 0 saturated carbocycles. The predicted octanol–water partition coefficient (Wildman–Crippen LogP) is -0.223. The minimum Gasteiger partial charge on any atom is -0.464 e. The standard InChI is InChI=1S/C12H22N2O4/c1-3-18-12(16)9-17-7-6-13-10-4-5-11(15)14(2)8-10/h10,13H,3-9H2,1-2H3. The summed E-state index contributed by atoms with van der Waals surface area (Å²) >= 11 is 0. The Labute approximate surface area is 108 Å². The maximum Gasteiger partial charge on any atom is 0.332 e. The molecule has 1 aliphatic rings. The molecule has 1 fully saturated rings. The lowest BCUT2D eigenvalue weighted by Gasteiger charge is -2.30. The molecule has 1 saturated heterocycles. The van der Waals surface area contributed by atoms with Crippen molar-refractivity contribution in [1.29, 1.82) is 0 Å². The minimum absolute atomic E-state index is 0.00141. The molecule has 6 heteroatoms. The zero-order valence-electron chi connectivity index (χ0n) is 11.1. The van der Waals surface area contributed by atoms with Crippen LogP contribution in [0, 0.1) is 0 Å². The van der Waals surface area contributed by atoms with E-state index in [4.69, 9.17) is 9.47 Å². The van der Waals surface area contributed by atoms with Gasteiger partial charge in [-0.3, -0.25) is 4.79 Å². The Kier molecular flexibility index (Phi) is 6.67. The number of nitrogens with one attached hydrogen (secondary N) is 1. The molecule has 1 amide bonds. The summed E-state index contributed by atoms with van der Waals surface area (Å²) in [5.41, 5.74) is 0. The van der Waals surface area contributed by atoms with E-state index < -0.39 is 0 Å². The van der Waals surface area contributed by atoms with Gasteiger partial charge in [-0.25, -0.2) is 4.79 Å². The highest BCUT2D eigenvalue weighted by atomic mass is 16.6. The summed E-state index contributed by atoms with van der Waals surface area (Å²) in [6, 6.07) is 0.318. The maximum absolute atomic E-state index is 11.3. The van der Waals surface area contributed by atoms with E-state index in [0.717, 1.165) is 13.0 Å². The highest BCUT2D eigenvalue weighted by Gasteiger charge is 2.21. The van der Waals surface area contributed by atoms with E-state index in [0.29, 0.717) is 32.2 Å². The molecule has 1 aliphatic heterocycles. The molecule has 0 aliphatic carbocycles. The van der Waals surface area contributed by atoms with Crippen molar-refractivity contribution in [1.82, 2.24) is 10.2 Å². The lowest BCUT2D eigenvalue weighted by Crippen LogP contribution is -2.47. The molecule has 0 radical (unpaired) electrons. The van der Waals surface area contributed by atoms with Gasteiger partial charge in [0.1, 0.15) is 6.61 Å². The predicted molar refractivity (Wildman–Crippen MR) is 66.1 cm³/mol. The third-order valence-electron chi connectivity index (χ3n) is 2.83. The second kappa shape index (κ2) is 8.05. The smallest absolute Gasteiger partial charge is 0.332 e. The van der Waals surface area contributed by atoms with Crippen molar-refractivity contribution >= 4 is 11.9 Å². The number of carbonyl (C=O) groups is 2. The summed E-state index contributed by atoms with van der Waals surface area (Å²) in [6.45, 7) is 4.01. The summed E-state index contributed by atoms with van der Waals surface area (Å²) < 4.78 is 9.91. The van der Waals surface area contributed by atoms with Crippen molar-refractivity contribution in [2.45, 2.75) is 25.8 Å². The number of piperidine rings is 1. The van der Waals surface area contributed by atoms with E-state index in [1.54, 1.807) is 11.8 Å². The Bertz CT molecular complexity index is 283. The van der Waals surface area contributed by atoms with Crippen LogP contribution < -0.4 is 5.32 Å². The Morgan fingerprint density at radius 3 is 3.00 bits per heavy atom. The Morgan fingerprint density at radius 2 is 2.33 bits per heavy atom. The van der Waals surface area contributed by atoms with E-state index >= 15 is 0 Å². The summed E-state index contributed by atoms with van der Waals surface area (Å²) in [6.07, 6.45) is 1.46. The molecular formula is C12H22N2O4. The van der Waals surface area contributed by atoms with E-state index in [1.807, 2.05) is 7.05 Å². The van der Waals surface area contributed by atoms with Crippen LogP contribution in [0.1, 0.15) is 19.8 Å². The number of nitrogens with zero attached hydrogens (tertiary/aromatic N) is 1. The largest absolute Gasteiger partial charge is 0.464 e. The van der Waals surface area contributed by atoms with Gasteiger partial charge in [0.25, 0.3) is 0 Å². The van der Waals surface area contributed by atoms with Crippen LogP contribution in [0.2, 0.25) is 0 Å². The molecule has 1 heterocycles. The number of esters is 1. The molecule has 0 aromatic heterocycles. The van der Waals surface area contributed by atoms with Gasteiger partial charge in [-0.15, -0.1) is 0 Å². The molecule has 1 N–H and O–H groups in total. The van der Waals surface area contributed by atoms with Crippen molar-refractivity contribution in [3.63, 3.8) is 0 Å². The second-order valence-electron chi connectivity index (χ2n) is 4.32. The Morgan fingerprint density at radius 1 is 1.56 bits per heavy atom. The monoisotopic (exact) mass is 258 g/mol. The fraction of sp³-hybridized carbons (Fsp3) is 0.833. The third kappa shape index (κ3) is 5.46. The van der Waals surface area contributed by atoms with E-state index in [9.17, 15) is 9.59 Å². The number of rotatable bonds is 7. The van der Waals surface area contributed by atoms with Gasteiger partial charge in [-0.05, 0) is 13.3 Å². The molecular weight excluding hydrogens is 236 g/mol. The quantitative estimate of drug-likeness (QED) is 0.505. The first-order valence-corrected chi connectivity index (χ1v) is 6.34. The number of hydrogen-bond acceptors (Lipinski definition) is 5. The van der Waals surface area contributed by atoms with Gasteiger partial charge in [0.05, 0.1) is 13.2 Å². The first-order chi connectivity index (χ1) is 8.63. The average molecular weight is 258 g/mol. The number of ether oxygens (including phenoxy) is 2. The van der Waals surface area contributed by atoms with Gasteiger partial charge < -0.3 is 19.7 Å².